The fraction of sp³-hybridized carbons (Fsp3) is 0.333. The third kappa shape index (κ3) is 3.61. The molecule has 0 spiro atoms. The molecule has 2 nitrogen and oxygen atoms in total. The van der Waals surface area contributed by atoms with Crippen molar-refractivity contribution in [3.8, 4) is 5.75 Å². The Morgan fingerprint density at radius 1 is 0.950 bits per heavy atom. The van der Waals surface area contributed by atoms with Crippen molar-refractivity contribution in [2.24, 2.45) is 0 Å². The average molecular weight is 270 g/mol. The van der Waals surface area contributed by atoms with E-state index in [1.165, 1.54) is 11.1 Å². The molecule has 0 aromatic heterocycles. The Bertz CT molecular complexity index is 580. The van der Waals surface area contributed by atoms with Gasteiger partial charge < -0.3 is 9.84 Å². The van der Waals surface area contributed by atoms with Gasteiger partial charge in [0, 0.05) is 5.56 Å². The van der Waals surface area contributed by atoms with Crippen LogP contribution in [0.4, 0.5) is 0 Å². The fourth-order valence-electron chi connectivity index (χ4n) is 2.44. The largest absolute Gasteiger partial charge is 0.489 e. The van der Waals surface area contributed by atoms with E-state index in [2.05, 4.69) is 32.0 Å². The van der Waals surface area contributed by atoms with Gasteiger partial charge in [-0.1, -0.05) is 41.0 Å². The lowest BCUT2D eigenvalue weighted by Gasteiger charge is -2.15. The zero-order chi connectivity index (χ0) is 14.7. The Kier molecular flexibility index (Phi) is 4.46. The fourth-order valence-corrected chi connectivity index (χ4v) is 2.44. The van der Waals surface area contributed by atoms with Crippen LogP contribution in [0.3, 0.4) is 0 Å². The van der Waals surface area contributed by atoms with Gasteiger partial charge in [-0.15, -0.1) is 0 Å². The number of benzene rings is 2. The molecule has 2 rings (SSSR count). The number of aryl methyl sites for hydroxylation is 3. The molecular formula is C18H22O2. The molecule has 20 heavy (non-hydrogen) atoms. The van der Waals surface area contributed by atoms with Crippen LogP contribution in [-0.2, 0) is 6.61 Å². The van der Waals surface area contributed by atoms with Crippen molar-refractivity contribution in [3.05, 3.63) is 64.2 Å². The maximum Gasteiger partial charge on any atom is 0.125 e. The number of aliphatic hydroxyl groups excluding tert-OH is 1. The minimum absolute atomic E-state index is 0.519. The van der Waals surface area contributed by atoms with Gasteiger partial charge in [0.1, 0.15) is 12.4 Å². The van der Waals surface area contributed by atoms with Gasteiger partial charge in [-0.2, -0.15) is 0 Å². The minimum Gasteiger partial charge on any atom is -0.489 e. The van der Waals surface area contributed by atoms with E-state index in [-0.39, 0.29) is 0 Å². The van der Waals surface area contributed by atoms with Crippen LogP contribution in [0.15, 0.2) is 36.4 Å². The molecule has 0 heterocycles. The lowest BCUT2D eigenvalue weighted by atomic mass is 10.1. The van der Waals surface area contributed by atoms with Gasteiger partial charge in [0.2, 0.25) is 0 Å². The van der Waals surface area contributed by atoms with Crippen LogP contribution in [0.1, 0.15) is 40.8 Å². The Hall–Kier alpha value is -1.80. The lowest BCUT2D eigenvalue weighted by molar-refractivity contribution is 0.190. The molecule has 0 bridgehead atoms. The van der Waals surface area contributed by atoms with Crippen LogP contribution in [0.5, 0.6) is 5.75 Å². The zero-order valence-corrected chi connectivity index (χ0v) is 12.6. The highest BCUT2D eigenvalue weighted by Gasteiger charge is 2.09. The number of hydrogen-bond donors (Lipinski definition) is 1. The van der Waals surface area contributed by atoms with Gasteiger partial charge in [0.15, 0.2) is 0 Å². The highest BCUT2D eigenvalue weighted by atomic mass is 16.5. The SMILES string of the molecule is Cc1cc(C)cc(COc2ccc(C)cc2[C@H](C)O)c1. The standard InChI is InChI=1S/C18H22O2/c1-12-5-6-18(17(10-12)15(4)19)20-11-16-8-13(2)7-14(3)9-16/h5-10,15,19H,11H2,1-4H3/t15-/m0/s1. The highest BCUT2D eigenvalue weighted by molar-refractivity contribution is 5.38. The molecule has 2 aromatic carbocycles. The Labute approximate surface area is 121 Å². The highest BCUT2D eigenvalue weighted by Crippen LogP contribution is 2.27. The molecule has 0 fully saturated rings. The average Bonchev–Trinajstić information content (AvgIpc) is 2.36. The molecular weight excluding hydrogens is 248 g/mol. The lowest BCUT2D eigenvalue weighted by Crippen LogP contribution is -2.02. The van der Waals surface area contributed by atoms with Crippen molar-refractivity contribution in [1.29, 1.82) is 0 Å². The first-order valence-electron chi connectivity index (χ1n) is 6.94. The smallest absolute Gasteiger partial charge is 0.125 e. The van der Waals surface area contributed by atoms with Gasteiger partial charge in [0.25, 0.3) is 0 Å². The zero-order valence-electron chi connectivity index (χ0n) is 12.6. The molecule has 2 aromatic rings. The molecule has 0 aliphatic rings. The van der Waals surface area contributed by atoms with Crippen molar-refractivity contribution < 1.29 is 9.84 Å². The topological polar surface area (TPSA) is 29.5 Å². The Morgan fingerprint density at radius 3 is 2.20 bits per heavy atom. The van der Waals surface area contributed by atoms with E-state index in [1.807, 2.05) is 25.1 Å². The summed E-state index contributed by atoms with van der Waals surface area (Å²) in [6.45, 7) is 8.47. The third-order valence-electron chi connectivity index (χ3n) is 3.29. The summed E-state index contributed by atoms with van der Waals surface area (Å²) in [6.07, 6.45) is -0.524. The van der Waals surface area contributed by atoms with E-state index < -0.39 is 6.10 Å². The summed E-state index contributed by atoms with van der Waals surface area (Å²) in [6, 6.07) is 12.3. The van der Waals surface area contributed by atoms with Crippen LogP contribution < -0.4 is 4.74 Å². The molecule has 1 atom stereocenters. The van der Waals surface area contributed by atoms with E-state index in [0.717, 1.165) is 22.4 Å². The van der Waals surface area contributed by atoms with Gasteiger partial charge >= 0.3 is 0 Å². The predicted octanol–water partition coefficient (Wildman–Crippen LogP) is 4.24. The van der Waals surface area contributed by atoms with Gasteiger partial charge in [0.05, 0.1) is 6.10 Å². The van der Waals surface area contributed by atoms with Crippen LogP contribution >= 0.6 is 0 Å². The second-order valence-corrected chi connectivity index (χ2v) is 5.50. The van der Waals surface area contributed by atoms with Crippen molar-refractivity contribution in [2.75, 3.05) is 0 Å². The predicted molar refractivity (Wildman–Crippen MR) is 82.1 cm³/mol. The molecule has 0 aliphatic heterocycles. The second kappa shape index (κ2) is 6.10. The van der Waals surface area contributed by atoms with Crippen molar-refractivity contribution in [1.82, 2.24) is 0 Å². The van der Waals surface area contributed by atoms with Gasteiger partial charge in [-0.3, -0.25) is 0 Å². The molecule has 0 aliphatic carbocycles. The maximum absolute atomic E-state index is 9.83. The quantitative estimate of drug-likeness (QED) is 0.900. The van der Waals surface area contributed by atoms with Crippen molar-refractivity contribution in [3.63, 3.8) is 0 Å². The Morgan fingerprint density at radius 2 is 1.60 bits per heavy atom. The molecule has 0 amide bonds. The molecule has 1 N–H and O–H groups in total. The van der Waals surface area contributed by atoms with Crippen molar-refractivity contribution >= 4 is 0 Å². The molecule has 106 valence electrons. The summed E-state index contributed by atoms with van der Waals surface area (Å²) in [4.78, 5) is 0. The third-order valence-corrected chi connectivity index (χ3v) is 3.29. The van der Waals surface area contributed by atoms with E-state index in [1.54, 1.807) is 6.92 Å². The monoisotopic (exact) mass is 270 g/mol. The first-order chi connectivity index (χ1) is 9.45. The molecule has 0 saturated carbocycles. The summed E-state index contributed by atoms with van der Waals surface area (Å²) >= 11 is 0. The number of hydrogen-bond acceptors (Lipinski definition) is 2. The molecule has 0 saturated heterocycles. The molecule has 0 radical (unpaired) electrons. The van der Waals surface area contributed by atoms with E-state index in [0.29, 0.717) is 6.61 Å². The van der Waals surface area contributed by atoms with Gasteiger partial charge in [-0.25, -0.2) is 0 Å². The first kappa shape index (κ1) is 14.6. The van der Waals surface area contributed by atoms with Crippen LogP contribution in [0.2, 0.25) is 0 Å². The van der Waals surface area contributed by atoms with Crippen molar-refractivity contribution in [2.45, 2.75) is 40.4 Å². The second-order valence-electron chi connectivity index (χ2n) is 5.50. The van der Waals surface area contributed by atoms with Crippen LogP contribution in [0.25, 0.3) is 0 Å². The summed E-state index contributed by atoms with van der Waals surface area (Å²) < 4.78 is 5.89. The number of aliphatic hydroxyl groups is 1. The normalized spacial score (nSPS) is 12.2. The summed E-state index contributed by atoms with van der Waals surface area (Å²) in [5, 5.41) is 9.83. The van der Waals surface area contributed by atoms with Crippen LogP contribution in [-0.4, -0.2) is 5.11 Å². The Balaban J connectivity index is 2.18. The molecule has 2 heteroatoms. The maximum atomic E-state index is 9.83. The van der Waals surface area contributed by atoms with E-state index in [4.69, 9.17) is 4.74 Å². The molecule has 0 unspecified atom stereocenters. The van der Waals surface area contributed by atoms with E-state index in [9.17, 15) is 5.11 Å². The summed E-state index contributed by atoms with van der Waals surface area (Å²) in [5.74, 6) is 0.754. The number of rotatable bonds is 4. The summed E-state index contributed by atoms with van der Waals surface area (Å²) in [7, 11) is 0. The number of ether oxygens (including phenoxy) is 1. The van der Waals surface area contributed by atoms with Crippen LogP contribution in [0, 0.1) is 20.8 Å². The summed E-state index contributed by atoms with van der Waals surface area (Å²) in [5.41, 5.74) is 5.60. The minimum atomic E-state index is -0.524. The van der Waals surface area contributed by atoms with Gasteiger partial charge in [-0.05, 0) is 45.4 Å². The first-order valence-corrected chi connectivity index (χ1v) is 6.94. The van der Waals surface area contributed by atoms with E-state index >= 15 is 0 Å².